The summed E-state index contributed by atoms with van der Waals surface area (Å²) in [5.41, 5.74) is 0.936. The zero-order valence-corrected chi connectivity index (χ0v) is 18.1. The van der Waals surface area contributed by atoms with E-state index in [0.29, 0.717) is 16.3 Å². The minimum atomic E-state index is -0.676. The fraction of sp³-hybridized carbons (Fsp3) is 0.182. The number of halogens is 2. The molecule has 0 radical (unpaired) electrons. The molecule has 0 saturated carbocycles. The molecule has 0 aliphatic rings. The molecule has 164 valence electrons. The Kier molecular flexibility index (Phi) is 5.67. The molecule has 0 aliphatic carbocycles. The van der Waals surface area contributed by atoms with Crippen molar-refractivity contribution < 1.29 is 9.18 Å². The highest BCUT2D eigenvalue weighted by Gasteiger charge is 2.19. The fourth-order valence-electron chi connectivity index (χ4n) is 3.41. The topological polar surface area (TPSA) is 90.9 Å². The molecule has 4 rings (SSSR count). The third-order valence-electron chi connectivity index (χ3n) is 4.96. The third-order valence-corrected chi connectivity index (χ3v) is 5.28. The van der Waals surface area contributed by atoms with Gasteiger partial charge in [0.05, 0.1) is 22.8 Å². The number of anilines is 1. The smallest absolute Gasteiger partial charge is 0.323 e. The van der Waals surface area contributed by atoms with E-state index in [4.69, 9.17) is 11.6 Å². The molecular weight excluding hydrogens is 437 g/mol. The van der Waals surface area contributed by atoms with Crippen LogP contribution in [0.25, 0.3) is 11.0 Å². The highest BCUT2D eigenvalue weighted by molar-refractivity contribution is 6.33. The van der Waals surface area contributed by atoms with Crippen LogP contribution in [-0.2, 0) is 24.9 Å². The van der Waals surface area contributed by atoms with Crippen LogP contribution in [0, 0.1) is 12.7 Å². The second-order valence-electron chi connectivity index (χ2n) is 7.45. The molecular formula is C22H19ClFN5O3. The van der Waals surface area contributed by atoms with Gasteiger partial charge in [-0.15, -0.1) is 0 Å². The Morgan fingerprint density at radius 3 is 2.53 bits per heavy atom. The van der Waals surface area contributed by atoms with E-state index in [9.17, 15) is 18.8 Å². The van der Waals surface area contributed by atoms with Crippen LogP contribution in [0.2, 0.25) is 5.02 Å². The van der Waals surface area contributed by atoms with E-state index in [1.54, 1.807) is 25.2 Å². The molecule has 1 amide bonds. The second kappa shape index (κ2) is 8.43. The first kappa shape index (κ1) is 21.5. The molecule has 1 N–H and O–H groups in total. The van der Waals surface area contributed by atoms with E-state index < -0.39 is 23.0 Å². The van der Waals surface area contributed by atoms with Crippen LogP contribution in [0.1, 0.15) is 11.1 Å². The predicted octanol–water partition coefficient (Wildman–Crippen LogP) is 2.68. The van der Waals surface area contributed by atoms with Gasteiger partial charge in [-0.2, -0.15) is 5.10 Å². The molecule has 0 atom stereocenters. The first-order valence-corrected chi connectivity index (χ1v) is 10.1. The van der Waals surface area contributed by atoms with Crippen molar-refractivity contribution in [3.63, 3.8) is 0 Å². The van der Waals surface area contributed by atoms with Gasteiger partial charge in [-0.25, -0.2) is 9.18 Å². The third kappa shape index (κ3) is 4.19. The van der Waals surface area contributed by atoms with Gasteiger partial charge in [-0.3, -0.25) is 23.4 Å². The lowest BCUT2D eigenvalue weighted by Gasteiger charge is -2.13. The summed E-state index contributed by atoms with van der Waals surface area (Å²) >= 11 is 6.18. The van der Waals surface area contributed by atoms with Crippen LogP contribution >= 0.6 is 11.6 Å². The molecule has 32 heavy (non-hydrogen) atoms. The fourth-order valence-corrected chi connectivity index (χ4v) is 3.69. The maximum Gasteiger partial charge on any atom is 0.332 e. The Morgan fingerprint density at radius 1 is 1.12 bits per heavy atom. The van der Waals surface area contributed by atoms with Crippen LogP contribution in [0.4, 0.5) is 10.1 Å². The van der Waals surface area contributed by atoms with Gasteiger partial charge in [0.1, 0.15) is 12.4 Å². The van der Waals surface area contributed by atoms with Crippen molar-refractivity contribution in [1.82, 2.24) is 18.9 Å². The standard InChI is InChI=1S/C22H19ClFN5O3/c1-13-3-8-17(16(23)9-13)25-19(30)12-28-18-11-27(2)26-20(18)21(31)29(22(28)32)10-14-4-6-15(24)7-5-14/h3-9,11H,10,12H2,1-2H3,(H,25,30). The van der Waals surface area contributed by atoms with E-state index in [2.05, 4.69) is 10.4 Å². The van der Waals surface area contributed by atoms with Crippen LogP contribution < -0.4 is 16.6 Å². The lowest BCUT2D eigenvalue weighted by atomic mass is 10.2. The molecule has 0 fully saturated rings. The number of carbonyl (C=O) groups excluding carboxylic acids is 1. The number of carbonyl (C=O) groups is 1. The summed E-state index contributed by atoms with van der Waals surface area (Å²) in [5.74, 6) is -0.917. The number of hydrogen-bond acceptors (Lipinski definition) is 4. The maximum absolute atomic E-state index is 13.2. The predicted molar refractivity (Wildman–Crippen MR) is 120 cm³/mol. The summed E-state index contributed by atoms with van der Waals surface area (Å²) in [4.78, 5) is 38.8. The zero-order chi connectivity index (χ0) is 23.0. The van der Waals surface area contributed by atoms with Gasteiger partial charge in [-0.1, -0.05) is 29.8 Å². The molecule has 0 aliphatic heterocycles. The lowest BCUT2D eigenvalue weighted by molar-refractivity contribution is -0.116. The summed E-state index contributed by atoms with van der Waals surface area (Å²) in [6.07, 6.45) is 1.51. The normalized spacial score (nSPS) is 11.1. The Balaban J connectivity index is 1.74. The van der Waals surface area contributed by atoms with Crippen molar-refractivity contribution >= 4 is 34.2 Å². The zero-order valence-electron chi connectivity index (χ0n) is 17.3. The van der Waals surface area contributed by atoms with E-state index >= 15 is 0 Å². The summed E-state index contributed by atoms with van der Waals surface area (Å²) in [7, 11) is 1.62. The van der Waals surface area contributed by atoms with Crippen LogP contribution in [-0.4, -0.2) is 24.8 Å². The molecule has 4 aromatic rings. The first-order valence-electron chi connectivity index (χ1n) is 9.70. The lowest BCUT2D eigenvalue weighted by Crippen LogP contribution is -2.41. The van der Waals surface area contributed by atoms with Crippen molar-refractivity contribution in [2.45, 2.75) is 20.0 Å². The quantitative estimate of drug-likeness (QED) is 0.501. The highest BCUT2D eigenvalue weighted by Crippen LogP contribution is 2.22. The van der Waals surface area contributed by atoms with E-state index in [1.807, 2.05) is 6.92 Å². The Labute approximate surface area is 186 Å². The van der Waals surface area contributed by atoms with Crippen molar-refractivity contribution in [1.29, 1.82) is 0 Å². The number of aromatic nitrogens is 4. The molecule has 2 aromatic carbocycles. The molecule has 10 heteroatoms. The van der Waals surface area contributed by atoms with Crippen molar-refractivity contribution in [2.75, 3.05) is 5.32 Å². The molecule has 0 unspecified atom stereocenters. The van der Waals surface area contributed by atoms with Gasteiger partial charge in [0.25, 0.3) is 5.56 Å². The Bertz CT molecular complexity index is 1450. The van der Waals surface area contributed by atoms with Gasteiger partial charge >= 0.3 is 5.69 Å². The number of nitrogens with one attached hydrogen (secondary N) is 1. The summed E-state index contributed by atoms with van der Waals surface area (Å²) in [5, 5.41) is 7.22. The summed E-state index contributed by atoms with van der Waals surface area (Å²) in [6.45, 7) is 1.44. The van der Waals surface area contributed by atoms with Gasteiger partial charge in [0.15, 0.2) is 5.52 Å². The largest absolute Gasteiger partial charge is 0.332 e. The number of rotatable bonds is 5. The molecule has 0 saturated heterocycles. The van der Waals surface area contributed by atoms with Gasteiger partial charge in [0.2, 0.25) is 5.91 Å². The van der Waals surface area contributed by atoms with Crippen molar-refractivity contribution in [3.05, 3.63) is 91.5 Å². The molecule has 0 bridgehead atoms. The number of nitrogens with zero attached hydrogens (tertiary/aromatic N) is 4. The summed E-state index contributed by atoms with van der Waals surface area (Å²) in [6, 6.07) is 10.7. The number of benzene rings is 2. The SMILES string of the molecule is Cc1ccc(NC(=O)Cn2c(=O)n(Cc3ccc(F)cc3)c(=O)c3nn(C)cc32)c(Cl)c1. The van der Waals surface area contributed by atoms with Crippen LogP contribution in [0.3, 0.4) is 0 Å². The summed E-state index contributed by atoms with van der Waals surface area (Å²) < 4.78 is 16.8. The maximum atomic E-state index is 13.2. The van der Waals surface area contributed by atoms with Gasteiger partial charge in [-0.05, 0) is 42.3 Å². The molecule has 2 heterocycles. The minimum Gasteiger partial charge on any atom is -0.323 e. The first-order chi connectivity index (χ1) is 15.2. The van der Waals surface area contributed by atoms with Crippen molar-refractivity contribution in [2.24, 2.45) is 7.05 Å². The van der Waals surface area contributed by atoms with Crippen molar-refractivity contribution in [3.8, 4) is 0 Å². The second-order valence-corrected chi connectivity index (χ2v) is 7.86. The average molecular weight is 456 g/mol. The number of amides is 1. The van der Waals surface area contributed by atoms with Gasteiger partial charge in [0, 0.05) is 13.2 Å². The molecule has 8 nitrogen and oxygen atoms in total. The van der Waals surface area contributed by atoms with Crippen LogP contribution in [0.5, 0.6) is 0 Å². The number of fused-ring (bicyclic) bond motifs is 1. The van der Waals surface area contributed by atoms with E-state index in [1.165, 1.54) is 39.7 Å². The minimum absolute atomic E-state index is 0.0513. The highest BCUT2D eigenvalue weighted by atomic mass is 35.5. The van der Waals surface area contributed by atoms with Gasteiger partial charge < -0.3 is 5.32 Å². The molecule has 0 spiro atoms. The average Bonchev–Trinajstić information content (AvgIpc) is 3.14. The van der Waals surface area contributed by atoms with E-state index in [0.717, 1.165) is 10.1 Å². The Morgan fingerprint density at radius 2 is 1.84 bits per heavy atom. The Hall–Kier alpha value is -3.72. The van der Waals surface area contributed by atoms with E-state index in [-0.39, 0.29) is 24.1 Å². The monoisotopic (exact) mass is 455 g/mol. The number of hydrogen-bond donors (Lipinski definition) is 1. The molecule has 2 aromatic heterocycles. The number of aryl methyl sites for hydroxylation is 2. The van der Waals surface area contributed by atoms with Crippen LogP contribution in [0.15, 0.2) is 58.3 Å².